The van der Waals surface area contributed by atoms with Crippen molar-refractivity contribution in [1.82, 2.24) is 20.3 Å². The van der Waals surface area contributed by atoms with Crippen LogP contribution in [-0.2, 0) is 25.7 Å². The van der Waals surface area contributed by atoms with E-state index in [1.165, 1.54) is 31.0 Å². The second-order valence-electron chi connectivity index (χ2n) is 6.00. The van der Waals surface area contributed by atoms with Crippen molar-refractivity contribution in [3.63, 3.8) is 0 Å². The molecule has 0 fully saturated rings. The zero-order valence-electron chi connectivity index (χ0n) is 14.7. The molecule has 150 valence electrons. The number of hydrogen-bond donors (Lipinski definition) is 5. The minimum absolute atomic E-state index is 0.165. The molecule has 12 nitrogen and oxygen atoms in total. The summed E-state index contributed by atoms with van der Waals surface area (Å²) in [6.07, 6.45) is -1.95. The molecule has 1 aliphatic heterocycles. The van der Waals surface area contributed by atoms with E-state index in [0.29, 0.717) is 5.69 Å². The smallest absolute Gasteiger partial charge is 0.370 e. The monoisotopic (exact) mass is 386 g/mol. The maximum Gasteiger partial charge on any atom is 0.370 e. The summed E-state index contributed by atoms with van der Waals surface area (Å²) in [7, 11) is 1.47. The van der Waals surface area contributed by atoms with Crippen molar-refractivity contribution >= 4 is 11.9 Å². The van der Waals surface area contributed by atoms with Gasteiger partial charge in [-0.1, -0.05) is 5.21 Å². The van der Waals surface area contributed by atoms with Crippen molar-refractivity contribution in [1.29, 1.82) is 0 Å². The Hall–Kier alpha value is -2.54. The predicted octanol–water partition coefficient (Wildman–Crippen LogP) is -2.45. The average molecular weight is 386 g/mol. The summed E-state index contributed by atoms with van der Waals surface area (Å²) in [4.78, 5) is 23.1. The minimum Gasteiger partial charge on any atom is -0.478 e. The second kappa shape index (κ2) is 8.90. The molecule has 0 unspecified atom stereocenters. The van der Waals surface area contributed by atoms with Crippen molar-refractivity contribution in [2.45, 2.75) is 43.9 Å². The molecular weight excluding hydrogens is 364 g/mol. The van der Waals surface area contributed by atoms with Crippen LogP contribution in [-0.4, -0.2) is 85.4 Å². The Morgan fingerprint density at radius 3 is 2.70 bits per heavy atom. The topological polar surface area (TPSA) is 176 Å². The highest BCUT2D eigenvalue weighted by molar-refractivity contribution is 5.84. The Kier molecular flexibility index (Phi) is 6.85. The molecular formula is C15H22N4O8. The highest BCUT2D eigenvalue weighted by Crippen LogP contribution is 2.29. The van der Waals surface area contributed by atoms with Crippen LogP contribution in [0.25, 0.3) is 0 Å². The van der Waals surface area contributed by atoms with Crippen molar-refractivity contribution in [3.05, 3.63) is 23.7 Å². The summed E-state index contributed by atoms with van der Waals surface area (Å²) in [6.45, 7) is 0.613. The molecule has 2 heterocycles. The first-order valence-electron chi connectivity index (χ1n) is 8.04. The number of aromatic nitrogens is 3. The third-order valence-electron chi connectivity index (χ3n) is 3.96. The number of nitrogens with one attached hydrogen (secondary N) is 1. The maximum absolute atomic E-state index is 11.7. The molecule has 5 N–H and O–H groups in total. The molecule has 2 rings (SSSR count). The lowest BCUT2D eigenvalue weighted by molar-refractivity contribution is -0.147. The van der Waals surface area contributed by atoms with Gasteiger partial charge in [0, 0.05) is 14.0 Å². The van der Waals surface area contributed by atoms with Gasteiger partial charge >= 0.3 is 5.97 Å². The molecule has 1 amide bonds. The summed E-state index contributed by atoms with van der Waals surface area (Å²) in [5, 5.41) is 48.9. The number of carboxylic acids is 1. The number of aliphatic carboxylic acids is 1. The van der Waals surface area contributed by atoms with Gasteiger partial charge in [-0.15, -0.1) is 5.10 Å². The molecule has 12 heteroatoms. The summed E-state index contributed by atoms with van der Waals surface area (Å²) in [5.41, 5.74) is 0.461. The minimum atomic E-state index is -1.68. The molecule has 5 atom stereocenters. The first-order chi connectivity index (χ1) is 12.8. The summed E-state index contributed by atoms with van der Waals surface area (Å²) in [5.74, 6) is -2.39. The maximum atomic E-state index is 11.7. The molecule has 0 radical (unpaired) electrons. The summed E-state index contributed by atoms with van der Waals surface area (Å²) < 4.78 is 11.6. The molecule has 0 aliphatic carbocycles. The van der Waals surface area contributed by atoms with Crippen LogP contribution in [0.15, 0.2) is 18.0 Å². The number of rotatable bonds is 8. The molecule has 27 heavy (non-hydrogen) atoms. The van der Waals surface area contributed by atoms with E-state index in [1.54, 1.807) is 0 Å². The van der Waals surface area contributed by atoms with E-state index in [9.17, 15) is 24.9 Å². The Morgan fingerprint density at radius 2 is 2.15 bits per heavy atom. The fraction of sp³-hybridized carbons (Fsp3) is 0.600. The number of hydrogen-bond acceptors (Lipinski definition) is 9. The molecule has 1 aromatic rings. The summed E-state index contributed by atoms with van der Waals surface area (Å²) >= 11 is 0. The lowest BCUT2D eigenvalue weighted by atomic mass is 9.92. The van der Waals surface area contributed by atoms with E-state index in [0.717, 1.165) is 0 Å². The zero-order chi connectivity index (χ0) is 20.1. The van der Waals surface area contributed by atoms with Crippen LogP contribution >= 0.6 is 0 Å². The van der Waals surface area contributed by atoms with Crippen LogP contribution < -0.4 is 5.32 Å². The number of aliphatic hydroxyl groups excluding tert-OH is 3. The van der Waals surface area contributed by atoms with Gasteiger partial charge in [-0.25, -0.2) is 9.48 Å². The standard InChI is InChI=1S/C15H22N4O8/c1-7(21)16-12-9(19-4-8(6-26-2)17-18-19)3-11(15(24)25)27-14(12)13(23)10(22)5-20/h3-4,9-10,12-14,20,22-23H,5-6H2,1-2H3,(H,16,21)(H,24,25)/t9-,10+,12+,13+,14+/m0/s1. The Morgan fingerprint density at radius 1 is 1.44 bits per heavy atom. The van der Waals surface area contributed by atoms with Gasteiger partial charge in [0.1, 0.15) is 24.0 Å². The van der Waals surface area contributed by atoms with E-state index in [-0.39, 0.29) is 6.61 Å². The molecule has 0 spiro atoms. The third kappa shape index (κ3) is 4.80. The Labute approximate surface area is 154 Å². The number of carbonyl (C=O) groups is 2. The largest absolute Gasteiger partial charge is 0.478 e. The van der Waals surface area contributed by atoms with Crippen LogP contribution in [0.1, 0.15) is 18.7 Å². The SMILES string of the molecule is COCc1cn([C@H]2C=C(C(=O)O)O[C@@H]([C@H](O)[C@H](O)CO)[C@@H]2NC(C)=O)nn1. The number of nitrogens with zero attached hydrogens (tertiary/aromatic N) is 3. The number of carbonyl (C=O) groups excluding carboxylic acids is 1. The van der Waals surface area contributed by atoms with E-state index >= 15 is 0 Å². The molecule has 1 aromatic heterocycles. The van der Waals surface area contributed by atoms with E-state index < -0.39 is 54.6 Å². The molecule has 1 aliphatic rings. The zero-order valence-corrected chi connectivity index (χ0v) is 14.7. The van der Waals surface area contributed by atoms with Gasteiger partial charge in [-0.3, -0.25) is 4.79 Å². The van der Waals surface area contributed by atoms with Gasteiger partial charge in [0.15, 0.2) is 0 Å². The quantitative estimate of drug-likeness (QED) is 0.322. The number of methoxy groups -OCH3 is 1. The van der Waals surface area contributed by atoms with Gasteiger partial charge < -0.3 is 35.2 Å². The van der Waals surface area contributed by atoms with Crippen LogP contribution in [0.2, 0.25) is 0 Å². The summed E-state index contributed by atoms with van der Waals surface area (Å²) in [6, 6.07) is -1.89. The normalized spacial score (nSPS) is 24.5. The molecule has 0 aromatic carbocycles. The molecule has 0 bridgehead atoms. The van der Waals surface area contributed by atoms with Crippen LogP contribution in [0, 0.1) is 0 Å². The third-order valence-corrected chi connectivity index (χ3v) is 3.96. The van der Waals surface area contributed by atoms with E-state index in [2.05, 4.69) is 15.6 Å². The fourth-order valence-corrected chi connectivity index (χ4v) is 2.76. The Balaban J connectivity index is 2.47. The van der Waals surface area contributed by atoms with Gasteiger partial charge in [0.25, 0.3) is 0 Å². The van der Waals surface area contributed by atoms with Crippen molar-refractivity contribution in [2.24, 2.45) is 0 Å². The lowest BCUT2D eigenvalue weighted by Gasteiger charge is -2.39. The van der Waals surface area contributed by atoms with E-state index in [1.807, 2.05) is 0 Å². The second-order valence-corrected chi connectivity index (χ2v) is 6.00. The fourth-order valence-electron chi connectivity index (χ4n) is 2.76. The average Bonchev–Trinajstić information content (AvgIpc) is 3.08. The van der Waals surface area contributed by atoms with Crippen LogP contribution in [0.3, 0.4) is 0 Å². The van der Waals surface area contributed by atoms with Gasteiger partial charge in [0.2, 0.25) is 11.7 Å². The predicted molar refractivity (Wildman–Crippen MR) is 87.1 cm³/mol. The number of amides is 1. The van der Waals surface area contributed by atoms with Crippen molar-refractivity contribution in [2.75, 3.05) is 13.7 Å². The van der Waals surface area contributed by atoms with Crippen molar-refractivity contribution < 1.29 is 39.5 Å². The first-order valence-corrected chi connectivity index (χ1v) is 8.04. The van der Waals surface area contributed by atoms with Gasteiger partial charge in [-0.05, 0) is 6.08 Å². The van der Waals surface area contributed by atoms with Gasteiger partial charge in [0.05, 0.1) is 31.5 Å². The van der Waals surface area contributed by atoms with Gasteiger partial charge in [-0.2, -0.15) is 0 Å². The first kappa shape index (κ1) is 20.8. The molecule has 0 saturated heterocycles. The van der Waals surface area contributed by atoms with Crippen LogP contribution in [0.5, 0.6) is 0 Å². The number of aliphatic hydroxyl groups is 3. The van der Waals surface area contributed by atoms with E-state index in [4.69, 9.17) is 14.6 Å². The highest BCUT2D eigenvalue weighted by atomic mass is 16.5. The van der Waals surface area contributed by atoms with Crippen LogP contribution in [0.4, 0.5) is 0 Å². The highest BCUT2D eigenvalue weighted by Gasteiger charge is 2.44. The number of ether oxygens (including phenoxy) is 2. The molecule has 0 saturated carbocycles. The number of carboxylic acid groups (broad SMARTS) is 1. The lowest BCUT2D eigenvalue weighted by Crippen LogP contribution is -2.58. The Bertz CT molecular complexity index is 706. The van der Waals surface area contributed by atoms with Crippen molar-refractivity contribution in [3.8, 4) is 0 Å².